The van der Waals surface area contributed by atoms with Crippen LogP contribution in [0.15, 0.2) is 0 Å². The molecule has 1 aromatic heterocycles. The number of nitrogens with zero attached hydrogens (tertiary/aromatic N) is 3. The Morgan fingerprint density at radius 3 is 2.22 bits per heavy atom. The van der Waals surface area contributed by atoms with Crippen molar-refractivity contribution in [3.8, 4) is 0 Å². The van der Waals surface area contributed by atoms with Crippen molar-refractivity contribution < 1.29 is 0 Å². The van der Waals surface area contributed by atoms with Crippen molar-refractivity contribution >= 4 is 17.4 Å². The van der Waals surface area contributed by atoms with E-state index in [-0.39, 0.29) is 11.3 Å². The summed E-state index contributed by atoms with van der Waals surface area (Å²) in [6.07, 6.45) is 0. The molecule has 0 amide bonds. The minimum atomic E-state index is 0.219. The Morgan fingerprint density at radius 2 is 1.78 bits per heavy atom. The number of aromatic nitrogens is 2. The highest BCUT2D eigenvalue weighted by Crippen LogP contribution is 2.27. The number of anilines is 1. The molecule has 0 radical (unpaired) electrons. The third-order valence-electron chi connectivity index (χ3n) is 2.67. The molecule has 0 N–H and O–H groups in total. The number of rotatable bonds is 3. The maximum absolute atomic E-state index is 6.20. The van der Waals surface area contributed by atoms with Crippen LogP contribution in [0.4, 0.5) is 5.82 Å². The van der Waals surface area contributed by atoms with Crippen LogP contribution in [-0.2, 0) is 0 Å². The fourth-order valence-electron chi connectivity index (χ4n) is 1.91. The van der Waals surface area contributed by atoms with E-state index in [1.54, 1.807) is 0 Å². The predicted molar refractivity (Wildman–Crippen MR) is 78.6 cm³/mol. The molecule has 18 heavy (non-hydrogen) atoms. The Hall–Kier alpha value is -0.830. The topological polar surface area (TPSA) is 29.0 Å². The van der Waals surface area contributed by atoms with Gasteiger partial charge in [-0.05, 0) is 12.3 Å². The normalized spacial score (nSPS) is 12.1. The fraction of sp³-hybridized carbons (Fsp3) is 0.714. The largest absolute Gasteiger partial charge is 0.359 e. The molecule has 1 aromatic rings. The zero-order valence-electron chi connectivity index (χ0n) is 12.5. The number of hydrogen-bond donors (Lipinski definition) is 0. The van der Waals surface area contributed by atoms with E-state index in [1.165, 1.54) is 0 Å². The van der Waals surface area contributed by atoms with Gasteiger partial charge in [0, 0.05) is 25.1 Å². The standard InChI is InChI=1S/C14H24ClN3/c1-9(2)12-16-11(15)10(3)13(17-12)18(7)8-14(4,5)6/h9H,8H2,1-7H3. The first-order valence-corrected chi connectivity index (χ1v) is 6.75. The highest BCUT2D eigenvalue weighted by Gasteiger charge is 2.19. The van der Waals surface area contributed by atoms with Gasteiger partial charge in [-0.1, -0.05) is 46.2 Å². The van der Waals surface area contributed by atoms with E-state index in [4.69, 9.17) is 11.6 Å². The van der Waals surface area contributed by atoms with Crippen LogP contribution in [0.2, 0.25) is 5.15 Å². The first kappa shape index (κ1) is 15.2. The lowest BCUT2D eigenvalue weighted by Gasteiger charge is -2.29. The number of halogens is 1. The van der Waals surface area contributed by atoms with Gasteiger partial charge in [0.25, 0.3) is 0 Å². The van der Waals surface area contributed by atoms with Crippen LogP contribution in [0.1, 0.15) is 51.9 Å². The zero-order chi connectivity index (χ0) is 14.1. The van der Waals surface area contributed by atoms with Crippen LogP contribution in [-0.4, -0.2) is 23.6 Å². The van der Waals surface area contributed by atoms with Crippen LogP contribution < -0.4 is 4.90 Å². The minimum absolute atomic E-state index is 0.219. The zero-order valence-corrected chi connectivity index (χ0v) is 13.3. The summed E-state index contributed by atoms with van der Waals surface area (Å²) < 4.78 is 0. The van der Waals surface area contributed by atoms with Gasteiger partial charge in [-0.25, -0.2) is 9.97 Å². The van der Waals surface area contributed by atoms with E-state index in [2.05, 4.69) is 56.5 Å². The van der Waals surface area contributed by atoms with Gasteiger partial charge in [0.05, 0.1) is 0 Å². The van der Waals surface area contributed by atoms with Gasteiger partial charge in [0.2, 0.25) is 0 Å². The SMILES string of the molecule is Cc1c(Cl)nc(C(C)C)nc1N(C)CC(C)(C)C. The molecule has 102 valence electrons. The number of hydrogen-bond acceptors (Lipinski definition) is 3. The molecule has 3 nitrogen and oxygen atoms in total. The van der Waals surface area contributed by atoms with Crippen LogP contribution in [0.25, 0.3) is 0 Å². The Bertz CT molecular complexity index is 422. The highest BCUT2D eigenvalue weighted by atomic mass is 35.5. The third-order valence-corrected chi connectivity index (χ3v) is 3.04. The molecule has 0 aliphatic rings. The molecule has 1 rings (SSSR count). The Labute approximate surface area is 116 Å². The Morgan fingerprint density at radius 1 is 1.22 bits per heavy atom. The van der Waals surface area contributed by atoms with Crippen LogP contribution in [0.3, 0.4) is 0 Å². The van der Waals surface area contributed by atoms with Crippen LogP contribution >= 0.6 is 11.6 Å². The second kappa shape index (κ2) is 5.43. The van der Waals surface area contributed by atoms with Crippen LogP contribution in [0.5, 0.6) is 0 Å². The molecule has 0 aromatic carbocycles. The lowest BCUT2D eigenvalue weighted by molar-refractivity contribution is 0.417. The molecule has 4 heteroatoms. The summed E-state index contributed by atoms with van der Waals surface area (Å²) in [5.74, 6) is 2.03. The van der Waals surface area contributed by atoms with Crippen molar-refractivity contribution in [3.05, 3.63) is 16.5 Å². The first-order chi connectivity index (χ1) is 8.11. The molecule has 0 bridgehead atoms. The third kappa shape index (κ3) is 3.84. The van der Waals surface area contributed by atoms with Gasteiger partial charge >= 0.3 is 0 Å². The fourth-order valence-corrected chi connectivity index (χ4v) is 2.08. The molecule has 0 saturated carbocycles. The van der Waals surface area contributed by atoms with Gasteiger partial charge in [0.1, 0.15) is 16.8 Å². The van der Waals surface area contributed by atoms with Gasteiger partial charge in [-0.2, -0.15) is 0 Å². The first-order valence-electron chi connectivity index (χ1n) is 6.37. The summed E-state index contributed by atoms with van der Waals surface area (Å²) in [4.78, 5) is 11.1. The molecule has 1 heterocycles. The molecule has 0 atom stereocenters. The summed E-state index contributed by atoms with van der Waals surface area (Å²) in [6, 6.07) is 0. The smallest absolute Gasteiger partial charge is 0.137 e. The maximum atomic E-state index is 6.20. The highest BCUT2D eigenvalue weighted by molar-refractivity contribution is 6.30. The molecular formula is C14H24ClN3. The lowest BCUT2D eigenvalue weighted by Crippen LogP contribution is -2.30. The Kier molecular flexibility index (Phi) is 4.60. The lowest BCUT2D eigenvalue weighted by atomic mass is 9.96. The minimum Gasteiger partial charge on any atom is -0.359 e. The quantitative estimate of drug-likeness (QED) is 0.776. The van der Waals surface area contributed by atoms with E-state index in [9.17, 15) is 0 Å². The summed E-state index contributed by atoms with van der Waals surface area (Å²) >= 11 is 6.20. The maximum Gasteiger partial charge on any atom is 0.137 e. The second-order valence-electron chi connectivity index (χ2n) is 6.39. The van der Waals surface area contributed by atoms with Crippen molar-refractivity contribution in [2.24, 2.45) is 5.41 Å². The summed E-state index contributed by atoms with van der Waals surface area (Å²) in [7, 11) is 2.06. The average Bonchev–Trinajstić information content (AvgIpc) is 2.18. The molecule has 0 aliphatic carbocycles. The van der Waals surface area contributed by atoms with Gasteiger partial charge in [0.15, 0.2) is 0 Å². The molecule has 0 aliphatic heterocycles. The summed E-state index contributed by atoms with van der Waals surface area (Å²) in [5.41, 5.74) is 1.17. The predicted octanol–water partition coefficient (Wildman–Crippen LogP) is 4.04. The van der Waals surface area contributed by atoms with E-state index in [0.29, 0.717) is 5.15 Å². The molecule has 0 fully saturated rings. The van der Waals surface area contributed by atoms with Gasteiger partial charge in [-0.15, -0.1) is 0 Å². The molecule has 0 saturated heterocycles. The van der Waals surface area contributed by atoms with E-state index >= 15 is 0 Å². The average molecular weight is 270 g/mol. The molecule has 0 spiro atoms. The molecule has 0 unspecified atom stereocenters. The van der Waals surface area contributed by atoms with Crippen LogP contribution in [0, 0.1) is 12.3 Å². The molecular weight excluding hydrogens is 246 g/mol. The van der Waals surface area contributed by atoms with E-state index < -0.39 is 0 Å². The van der Waals surface area contributed by atoms with E-state index in [0.717, 1.165) is 23.8 Å². The second-order valence-corrected chi connectivity index (χ2v) is 6.75. The summed E-state index contributed by atoms with van der Waals surface area (Å²) in [6.45, 7) is 13.7. The van der Waals surface area contributed by atoms with Crippen molar-refractivity contribution in [2.75, 3.05) is 18.5 Å². The van der Waals surface area contributed by atoms with Crippen molar-refractivity contribution in [2.45, 2.75) is 47.5 Å². The van der Waals surface area contributed by atoms with E-state index in [1.807, 2.05) is 6.92 Å². The van der Waals surface area contributed by atoms with Crippen molar-refractivity contribution in [3.63, 3.8) is 0 Å². The summed E-state index contributed by atoms with van der Waals surface area (Å²) in [5, 5.41) is 0.560. The van der Waals surface area contributed by atoms with Crippen molar-refractivity contribution in [1.82, 2.24) is 9.97 Å². The van der Waals surface area contributed by atoms with Crippen molar-refractivity contribution in [1.29, 1.82) is 0 Å². The van der Waals surface area contributed by atoms with Gasteiger partial charge < -0.3 is 4.90 Å². The van der Waals surface area contributed by atoms with Gasteiger partial charge in [-0.3, -0.25) is 0 Å². The Balaban J connectivity index is 3.14. The monoisotopic (exact) mass is 269 g/mol.